The van der Waals surface area contributed by atoms with E-state index in [0.29, 0.717) is 17.8 Å². The van der Waals surface area contributed by atoms with Crippen molar-refractivity contribution in [2.75, 3.05) is 0 Å². The van der Waals surface area contributed by atoms with E-state index < -0.39 is 0 Å². The van der Waals surface area contributed by atoms with Gasteiger partial charge in [-0.15, -0.1) is 0 Å². The predicted molar refractivity (Wildman–Crippen MR) is 83.1 cm³/mol. The van der Waals surface area contributed by atoms with Crippen molar-refractivity contribution in [1.29, 1.82) is 0 Å². The maximum Gasteiger partial charge on any atom is 0.258 e. The molecule has 0 unspecified atom stereocenters. The average molecular weight is 337 g/mol. The molecule has 1 aromatic carbocycles. The predicted octanol–water partition coefficient (Wildman–Crippen LogP) is 3.47. The third-order valence-corrected chi connectivity index (χ3v) is 4.45. The van der Waals surface area contributed by atoms with Gasteiger partial charge in [0.15, 0.2) is 0 Å². The van der Waals surface area contributed by atoms with E-state index in [2.05, 4.69) is 25.9 Å². The second-order valence-corrected chi connectivity index (χ2v) is 5.68. The number of aromatic nitrogens is 2. The molecule has 2 N–H and O–H groups in total. The number of H-pyrrole nitrogens is 1. The van der Waals surface area contributed by atoms with Crippen LogP contribution in [-0.4, -0.2) is 15.1 Å². The zero-order valence-corrected chi connectivity index (χ0v) is 13.3. The van der Waals surface area contributed by atoms with E-state index in [9.17, 15) is 9.90 Å². The van der Waals surface area contributed by atoms with Gasteiger partial charge in [0.2, 0.25) is 5.88 Å². The molecule has 5 heteroatoms. The highest BCUT2D eigenvalue weighted by Gasteiger charge is 2.12. The molecule has 0 saturated carbocycles. The molecule has 4 nitrogen and oxygen atoms in total. The van der Waals surface area contributed by atoms with Gasteiger partial charge in [0.1, 0.15) is 5.82 Å². The largest absolute Gasteiger partial charge is 0.493 e. The molecule has 0 aliphatic heterocycles. The first kappa shape index (κ1) is 14.8. The van der Waals surface area contributed by atoms with Crippen LogP contribution in [0.15, 0.2) is 21.4 Å². The summed E-state index contributed by atoms with van der Waals surface area (Å²) in [5, 5.41) is 9.92. The molecule has 0 amide bonds. The minimum atomic E-state index is -0.271. The quantitative estimate of drug-likeness (QED) is 0.901. The lowest BCUT2D eigenvalue weighted by Gasteiger charge is -2.09. The summed E-state index contributed by atoms with van der Waals surface area (Å²) in [5.74, 6) is 0.217. The van der Waals surface area contributed by atoms with Crippen LogP contribution < -0.4 is 5.56 Å². The molecule has 2 rings (SSSR count). The van der Waals surface area contributed by atoms with Gasteiger partial charge in [0, 0.05) is 10.0 Å². The van der Waals surface area contributed by atoms with Crippen LogP contribution in [0.1, 0.15) is 30.0 Å². The first-order valence-electron chi connectivity index (χ1n) is 6.53. The van der Waals surface area contributed by atoms with Crippen molar-refractivity contribution in [3.05, 3.63) is 43.6 Å². The lowest BCUT2D eigenvalue weighted by atomic mass is 10.1. The van der Waals surface area contributed by atoms with Gasteiger partial charge < -0.3 is 10.1 Å². The van der Waals surface area contributed by atoms with E-state index in [0.717, 1.165) is 27.6 Å². The fraction of sp³-hybridized carbons (Fsp3) is 0.333. The number of hydrogen-bond acceptors (Lipinski definition) is 3. The third kappa shape index (κ3) is 2.77. The van der Waals surface area contributed by atoms with E-state index in [1.54, 1.807) is 0 Å². The average Bonchev–Trinajstić information content (AvgIpc) is 2.39. The highest BCUT2D eigenvalue weighted by Crippen LogP contribution is 2.27. The van der Waals surface area contributed by atoms with E-state index in [1.165, 1.54) is 0 Å². The second-order valence-electron chi connectivity index (χ2n) is 4.89. The van der Waals surface area contributed by atoms with Gasteiger partial charge in [-0.25, -0.2) is 0 Å². The third-order valence-electron chi connectivity index (χ3n) is 3.20. The molecule has 0 atom stereocenters. The first-order chi connectivity index (χ1) is 9.43. The summed E-state index contributed by atoms with van der Waals surface area (Å²) in [6, 6.07) is 3.85. The minimum Gasteiger partial charge on any atom is -0.493 e. The number of rotatable bonds is 3. The standard InChI is InChI=1S/C15H17BrN2O2/c1-4-5-11-14(19)17-13(18-15(11)20)10-6-8(2)12(16)9(3)7-10/h6-7H,4-5H2,1-3H3,(H2,17,18,19,20). The Labute approximate surface area is 126 Å². The van der Waals surface area contributed by atoms with Gasteiger partial charge in [-0.2, -0.15) is 4.98 Å². The topological polar surface area (TPSA) is 66.0 Å². The zero-order valence-electron chi connectivity index (χ0n) is 11.7. The smallest absolute Gasteiger partial charge is 0.258 e. The molecule has 1 heterocycles. The molecule has 2 aromatic rings. The normalized spacial score (nSPS) is 10.8. The Morgan fingerprint density at radius 1 is 1.30 bits per heavy atom. The highest BCUT2D eigenvalue weighted by molar-refractivity contribution is 9.10. The lowest BCUT2D eigenvalue weighted by molar-refractivity contribution is 0.443. The number of aryl methyl sites for hydroxylation is 2. The Morgan fingerprint density at radius 2 is 1.90 bits per heavy atom. The van der Waals surface area contributed by atoms with Gasteiger partial charge in [-0.05, 0) is 43.5 Å². The summed E-state index contributed by atoms with van der Waals surface area (Å²) in [6.07, 6.45) is 1.31. The summed E-state index contributed by atoms with van der Waals surface area (Å²) in [6.45, 7) is 5.90. The molecule has 0 aliphatic carbocycles. The fourth-order valence-corrected chi connectivity index (χ4v) is 2.41. The molecular weight excluding hydrogens is 320 g/mol. The van der Waals surface area contributed by atoms with Crippen molar-refractivity contribution in [1.82, 2.24) is 9.97 Å². The number of benzene rings is 1. The van der Waals surface area contributed by atoms with Gasteiger partial charge >= 0.3 is 0 Å². The number of nitrogens with zero attached hydrogens (tertiary/aromatic N) is 1. The Morgan fingerprint density at radius 3 is 2.40 bits per heavy atom. The van der Waals surface area contributed by atoms with Crippen molar-refractivity contribution in [3.8, 4) is 17.3 Å². The maximum absolute atomic E-state index is 12.0. The lowest BCUT2D eigenvalue weighted by Crippen LogP contribution is -2.15. The Hall–Kier alpha value is -1.62. The van der Waals surface area contributed by atoms with E-state index in [-0.39, 0.29) is 11.4 Å². The monoisotopic (exact) mass is 336 g/mol. The van der Waals surface area contributed by atoms with Crippen molar-refractivity contribution in [2.24, 2.45) is 0 Å². The molecule has 0 aliphatic rings. The minimum absolute atomic E-state index is 0.177. The summed E-state index contributed by atoms with van der Waals surface area (Å²) in [7, 11) is 0. The van der Waals surface area contributed by atoms with E-state index in [1.807, 2.05) is 32.9 Å². The summed E-state index contributed by atoms with van der Waals surface area (Å²) >= 11 is 3.51. The molecule has 106 valence electrons. The van der Waals surface area contributed by atoms with Crippen molar-refractivity contribution in [3.63, 3.8) is 0 Å². The van der Waals surface area contributed by atoms with Gasteiger partial charge in [0.25, 0.3) is 5.56 Å². The van der Waals surface area contributed by atoms with Crippen LogP contribution in [-0.2, 0) is 6.42 Å². The maximum atomic E-state index is 12.0. The van der Waals surface area contributed by atoms with Crippen LogP contribution in [0, 0.1) is 13.8 Å². The summed E-state index contributed by atoms with van der Waals surface area (Å²) in [5.41, 5.74) is 2.98. The summed E-state index contributed by atoms with van der Waals surface area (Å²) in [4.78, 5) is 18.9. The number of aromatic amines is 1. The van der Waals surface area contributed by atoms with Crippen molar-refractivity contribution in [2.45, 2.75) is 33.6 Å². The van der Waals surface area contributed by atoms with Gasteiger partial charge in [-0.1, -0.05) is 29.3 Å². The Bertz CT molecular complexity index is 685. The number of hydrogen-bond donors (Lipinski definition) is 2. The highest BCUT2D eigenvalue weighted by atomic mass is 79.9. The van der Waals surface area contributed by atoms with Crippen LogP contribution in [0.2, 0.25) is 0 Å². The molecular formula is C15H17BrN2O2. The van der Waals surface area contributed by atoms with Gasteiger partial charge in [-0.3, -0.25) is 4.79 Å². The van der Waals surface area contributed by atoms with Gasteiger partial charge in [0.05, 0.1) is 5.56 Å². The van der Waals surface area contributed by atoms with Crippen LogP contribution in [0.25, 0.3) is 11.4 Å². The molecule has 0 saturated heterocycles. The molecule has 0 bridgehead atoms. The van der Waals surface area contributed by atoms with E-state index in [4.69, 9.17) is 0 Å². The second kappa shape index (κ2) is 5.79. The Kier molecular flexibility index (Phi) is 4.28. The summed E-state index contributed by atoms with van der Waals surface area (Å²) < 4.78 is 1.04. The van der Waals surface area contributed by atoms with Crippen LogP contribution in [0.3, 0.4) is 0 Å². The molecule has 0 radical (unpaired) electrons. The van der Waals surface area contributed by atoms with E-state index >= 15 is 0 Å². The van der Waals surface area contributed by atoms with Crippen LogP contribution >= 0.6 is 15.9 Å². The molecule has 20 heavy (non-hydrogen) atoms. The number of halogens is 1. The number of aromatic hydroxyl groups is 1. The Balaban J connectivity index is 2.57. The first-order valence-corrected chi connectivity index (χ1v) is 7.32. The SMILES string of the molecule is CCCc1c(O)nc(-c2cc(C)c(Br)c(C)c2)[nH]c1=O. The molecule has 1 aromatic heterocycles. The van der Waals surface area contributed by atoms with Crippen LogP contribution in [0.5, 0.6) is 5.88 Å². The molecule has 0 spiro atoms. The van der Waals surface area contributed by atoms with Crippen molar-refractivity contribution >= 4 is 15.9 Å². The zero-order chi connectivity index (χ0) is 14.9. The molecule has 0 fully saturated rings. The fourth-order valence-electron chi connectivity index (χ4n) is 2.18. The van der Waals surface area contributed by atoms with Crippen molar-refractivity contribution < 1.29 is 5.11 Å². The van der Waals surface area contributed by atoms with Crippen LogP contribution in [0.4, 0.5) is 0 Å². The number of nitrogens with one attached hydrogen (secondary N) is 1.